The molecule has 0 spiro atoms. The van der Waals surface area contributed by atoms with Gasteiger partial charge in [-0.05, 0) is 19.4 Å². The summed E-state index contributed by atoms with van der Waals surface area (Å²) in [4.78, 5) is 10.8. The number of nitrogens with one attached hydrogen (secondary N) is 1. The molecule has 0 saturated carbocycles. The van der Waals surface area contributed by atoms with E-state index in [1.54, 1.807) is 6.20 Å². The maximum absolute atomic E-state index is 9.25. The average molecular weight is 266 g/mol. The van der Waals surface area contributed by atoms with Gasteiger partial charge in [0.15, 0.2) is 0 Å². The molecule has 2 heterocycles. The molecule has 1 aliphatic heterocycles. The lowest BCUT2D eigenvalue weighted by Crippen LogP contribution is -2.48. The SMILES string of the molecule is CCCNc1nccc(N2CC(C)OC(CO)C2)n1. The predicted molar refractivity (Wildman–Crippen MR) is 74.4 cm³/mol. The van der Waals surface area contributed by atoms with Gasteiger partial charge in [-0.15, -0.1) is 0 Å². The Morgan fingerprint density at radius 1 is 1.53 bits per heavy atom. The highest BCUT2D eigenvalue weighted by Crippen LogP contribution is 2.18. The molecule has 0 radical (unpaired) electrons. The maximum atomic E-state index is 9.25. The first-order chi connectivity index (χ1) is 9.22. The van der Waals surface area contributed by atoms with Crippen LogP contribution in [0.15, 0.2) is 12.3 Å². The minimum atomic E-state index is -0.147. The van der Waals surface area contributed by atoms with E-state index in [4.69, 9.17) is 4.74 Å². The quantitative estimate of drug-likeness (QED) is 0.824. The van der Waals surface area contributed by atoms with Crippen molar-refractivity contribution in [1.29, 1.82) is 0 Å². The van der Waals surface area contributed by atoms with Crippen molar-refractivity contribution in [1.82, 2.24) is 9.97 Å². The van der Waals surface area contributed by atoms with E-state index in [9.17, 15) is 5.11 Å². The maximum Gasteiger partial charge on any atom is 0.224 e. The van der Waals surface area contributed by atoms with Crippen LogP contribution in [0.3, 0.4) is 0 Å². The van der Waals surface area contributed by atoms with Crippen molar-refractivity contribution in [2.45, 2.75) is 32.5 Å². The van der Waals surface area contributed by atoms with Gasteiger partial charge in [-0.25, -0.2) is 4.98 Å². The second kappa shape index (κ2) is 6.68. The molecule has 2 atom stereocenters. The normalized spacial score (nSPS) is 23.4. The lowest BCUT2D eigenvalue weighted by Gasteiger charge is -2.36. The Morgan fingerprint density at radius 3 is 3.11 bits per heavy atom. The lowest BCUT2D eigenvalue weighted by molar-refractivity contribution is -0.0423. The zero-order valence-electron chi connectivity index (χ0n) is 11.5. The fourth-order valence-corrected chi connectivity index (χ4v) is 2.18. The predicted octanol–water partition coefficient (Wildman–Crippen LogP) is 0.884. The second-order valence-corrected chi connectivity index (χ2v) is 4.82. The van der Waals surface area contributed by atoms with Gasteiger partial charge in [-0.1, -0.05) is 6.92 Å². The van der Waals surface area contributed by atoms with Crippen molar-refractivity contribution in [2.24, 2.45) is 0 Å². The topological polar surface area (TPSA) is 70.5 Å². The van der Waals surface area contributed by atoms with Crippen molar-refractivity contribution in [3.8, 4) is 0 Å². The summed E-state index contributed by atoms with van der Waals surface area (Å²) in [6, 6.07) is 1.89. The van der Waals surface area contributed by atoms with Crippen LogP contribution in [-0.4, -0.2) is 53.5 Å². The van der Waals surface area contributed by atoms with Gasteiger partial charge in [0.1, 0.15) is 5.82 Å². The number of ether oxygens (including phenoxy) is 1. The molecule has 1 aromatic heterocycles. The summed E-state index contributed by atoms with van der Waals surface area (Å²) in [5.74, 6) is 1.53. The minimum Gasteiger partial charge on any atom is -0.394 e. The minimum absolute atomic E-state index is 0.0346. The summed E-state index contributed by atoms with van der Waals surface area (Å²) >= 11 is 0. The monoisotopic (exact) mass is 266 g/mol. The van der Waals surface area contributed by atoms with Crippen LogP contribution in [0.4, 0.5) is 11.8 Å². The molecule has 1 aliphatic rings. The van der Waals surface area contributed by atoms with Gasteiger partial charge in [-0.2, -0.15) is 4.98 Å². The summed E-state index contributed by atoms with van der Waals surface area (Å²) in [6.45, 7) is 6.44. The van der Waals surface area contributed by atoms with Crippen LogP contribution in [0.2, 0.25) is 0 Å². The van der Waals surface area contributed by atoms with E-state index in [-0.39, 0.29) is 18.8 Å². The average Bonchev–Trinajstić information content (AvgIpc) is 2.44. The first-order valence-electron chi connectivity index (χ1n) is 6.81. The summed E-state index contributed by atoms with van der Waals surface area (Å²) < 4.78 is 5.63. The van der Waals surface area contributed by atoms with Gasteiger partial charge in [-0.3, -0.25) is 0 Å². The van der Waals surface area contributed by atoms with E-state index < -0.39 is 0 Å². The molecule has 0 aromatic carbocycles. The zero-order valence-corrected chi connectivity index (χ0v) is 11.5. The number of rotatable bonds is 5. The van der Waals surface area contributed by atoms with E-state index in [1.165, 1.54) is 0 Å². The molecule has 6 heteroatoms. The van der Waals surface area contributed by atoms with Gasteiger partial charge in [0.25, 0.3) is 0 Å². The van der Waals surface area contributed by atoms with Crippen molar-refractivity contribution in [2.75, 3.05) is 36.5 Å². The standard InChI is InChI=1S/C13H22N4O2/c1-3-5-14-13-15-6-4-12(16-13)17-7-10(2)19-11(8-17)9-18/h4,6,10-11,18H,3,5,7-9H2,1-2H3,(H,14,15,16). The molecule has 2 N–H and O–H groups in total. The largest absolute Gasteiger partial charge is 0.394 e. The Kier molecular flexibility index (Phi) is 4.93. The van der Waals surface area contributed by atoms with E-state index in [1.807, 2.05) is 13.0 Å². The molecule has 1 aromatic rings. The molecular formula is C13H22N4O2. The van der Waals surface area contributed by atoms with Crippen LogP contribution in [0.5, 0.6) is 0 Å². The Bertz CT molecular complexity index is 402. The molecule has 19 heavy (non-hydrogen) atoms. The highest BCUT2D eigenvalue weighted by atomic mass is 16.5. The molecular weight excluding hydrogens is 244 g/mol. The molecule has 6 nitrogen and oxygen atoms in total. The van der Waals surface area contributed by atoms with Crippen LogP contribution in [0.1, 0.15) is 20.3 Å². The van der Waals surface area contributed by atoms with Crippen molar-refractivity contribution in [3.63, 3.8) is 0 Å². The summed E-state index contributed by atoms with van der Waals surface area (Å²) in [5.41, 5.74) is 0. The second-order valence-electron chi connectivity index (χ2n) is 4.82. The van der Waals surface area contributed by atoms with Crippen LogP contribution >= 0.6 is 0 Å². The number of hydrogen-bond acceptors (Lipinski definition) is 6. The van der Waals surface area contributed by atoms with Gasteiger partial charge in [0, 0.05) is 25.8 Å². The van der Waals surface area contributed by atoms with E-state index >= 15 is 0 Å². The number of morpholine rings is 1. The Morgan fingerprint density at radius 2 is 2.37 bits per heavy atom. The Labute approximate surface area is 113 Å². The van der Waals surface area contributed by atoms with Crippen molar-refractivity contribution in [3.05, 3.63) is 12.3 Å². The molecule has 106 valence electrons. The number of aromatic nitrogens is 2. The third-order valence-electron chi connectivity index (χ3n) is 3.03. The zero-order chi connectivity index (χ0) is 13.7. The first-order valence-corrected chi connectivity index (χ1v) is 6.81. The van der Waals surface area contributed by atoms with E-state index in [0.717, 1.165) is 25.3 Å². The number of hydrogen-bond donors (Lipinski definition) is 2. The summed E-state index contributed by atoms with van der Waals surface area (Å²) in [6.07, 6.45) is 2.74. The van der Waals surface area contributed by atoms with Crippen LogP contribution < -0.4 is 10.2 Å². The third kappa shape index (κ3) is 3.78. The molecule has 0 amide bonds. The Balaban J connectivity index is 2.07. The fraction of sp³-hybridized carbons (Fsp3) is 0.692. The highest BCUT2D eigenvalue weighted by Gasteiger charge is 2.25. The summed E-state index contributed by atoms with van der Waals surface area (Å²) in [5, 5.41) is 12.4. The fourth-order valence-electron chi connectivity index (χ4n) is 2.18. The summed E-state index contributed by atoms with van der Waals surface area (Å²) in [7, 11) is 0. The van der Waals surface area contributed by atoms with Gasteiger partial charge in [0.05, 0.1) is 18.8 Å². The van der Waals surface area contributed by atoms with Crippen LogP contribution in [0, 0.1) is 0 Å². The molecule has 1 fully saturated rings. The number of nitrogens with zero attached hydrogens (tertiary/aromatic N) is 3. The number of aliphatic hydroxyl groups excluding tert-OH is 1. The number of aliphatic hydroxyl groups is 1. The van der Waals surface area contributed by atoms with E-state index in [2.05, 4.69) is 27.1 Å². The first kappa shape index (κ1) is 14.0. The molecule has 1 saturated heterocycles. The van der Waals surface area contributed by atoms with Gasteiger partial charge < -0.3 is 20.1 Å². The third-order valence-corrected chi connectivity index (χ3v) is 3.03. The van der Waals surface area contributed by atoms with Gasteiger partial charge in [0.2, 0.25) is 5.95 Å². The van der Waals surface area contributed by atoms with Crippen molar-refractivity contribution >= 4 is 11.8 Å². The Hall–Kier alpha value is -1.40. The van der Waals surface area contributed by atoms with Crippen LogP contribution in [-0.2, 0) is 4.74 Å². The molecule has 2 rings (SSSR count). The smallest absolute Gasteiger partial charge is 0.224 e. The van der Waals surface area contributed by atoms with Crippen molar-refractivity contribution < 1.29 is 9.84 Å². The number of anilines is 2. The van der Waals surface area contributed by atoms with Gasteiger partial charge >= 0.3 is 0 Å². The molecule has 0 aliphatic carbocycles. The highest BCUT2D eigenvalue weighted by molar-refractivity contribution is 5.43. The molecule has 0 bridgehead atoms. The van der Waals surface area contributed by atoms with E-state index in [0.29, 0.717) is 12.5 Å². The molecule has 2 unspecified atom stereocenters. The lowest BCUT2D eigenvalue weighted by atomic mass is 10.2. The van der Waals surface area contributed by atoms with Crippen LogP contribution in [0.25, 0.3) is 0 Å².